The predicted molar refractivity (Wildman–Crippen MR) is 119 cm³/mol. The molecule has 33 heavy (non-hydrogen) atoms. The minimum Gasteiger partial charge on any atom is -0.493 e. The zero-order valence-electron chi connectivity index (χ0n) is 18.9. The number of sulfonamides is 1. The molecule has 2 aromatic carbocycles. The van der Waals surface area contributed by atoms with Crippen LogP contribution in [0.1, 0.15) is 18.4 Å². The number of rotatable bonds is 8. The summed E-state index contributed by atoms with van der Waals surface area (Å²) in [5.74, 6) is -1.39. The van der Waals surface area contributed by atoms with Crippen LogP contribution < -0.4 is 9.47 Å². The quantitative estimate of drug-likeness (QED) is 0.578. The van der Waals surface area contributed by atoms with Crippen LogP contribution in [0.15, 0.2) is 41.3 Å². The number of hydrogen-bond acceptors (Lipinski definition) is 5. The van der Waals surface area contributed by atoms with Gasteiger partial charge in [0, 0.05) is 32.6 Å². The fraction of sp³-hybridized carbons (Fsp3) is 0.435. The van der Waals surface area contributed by atoms with Crippen molar-refractivity contribution in [3.8, 4) is 11.5 Å². The van der Waals surface area contributed by atoms with Gasteiger partial charge in [-0.2, -0.15) is 4.31 Å². The van der Waals surface area contributed by atoms with E-state index in [9.17, 15) is 22.0 Å². The monoisotopic (exact) mass is 482 g/mol. The highest BCUT2D eigenvalue weighted by molar-refractivity contribution is 7.89. The van der Waals surface area contributed by atoms with E-state index in [2.05, 4.69) is 0 Å². The van der Waals surface area contributed by atoms with E-state index in [1.807, 2.05) is 18.2 Å². The molecule has 1 fully saturated rings. The molecule has 1 saturated heterocycles. The molecule has 1 amide bonds. The zero-order chi connectivity index (χ0) is 24.2. The molecule has 0 aromatic heterocycles. The van der Waals surface area contributed by atoms with Gasteiger partial charge in [0.15, 0.2) is 23.1 Å². The number of piperidine rings is 1. The van der Waals surface area contributed by atoms with E-state index in [1.54, 1.807) is 26.2 Å². The van der Waals surface area contributed by atoms with Crippen molar-refractivity contribution in [1.29, 1.82) is 0 Å². The number of halogens is 2. The van der Waals surface area contributed by atoms with Crippen LogP contribution in [0.3, 0.4) is 0 Å². The van der Waals surface area contributed by atoms with Crippen molar-refractivity contribution < 1.29 is 31.5 Å². The molecule has 1 aliphatic rings. The summed E-state index contributed by atoms with van der Waals surface area (Å²) < 4.78 is 63.9. The van der Waals surface area contributed by atoms with Gasteiger partial charge in [0.25, 0.3) is 0 Å². The normalized spacial score (nSPS) is 15.3. The topological polar surface area (TPSA) is 76.2 Å². The van der Waals surface area contributed by atoms with Crippen LogP contribution in [0, 0.1) is 17.6 Å². The van der Waals surface area contributed by atoms with Crippen molar-refractivity contribution in [2.45, 2.75) is 24.2 Å². The number of hydrogen-bond donors (Lipinski definition) is 0. The number of benzene rings is 2. The first-order valence-corrected chi connectivity index (χ1v) is 12.0. The van der Waals surface area contributed by atoms with E-state index in [0.29, 0.717) is 43.4 Å². The molecule has 2 aromatic rings. The molecule has 0 spiro atoms. The summed E-state index contributed by atoms with van der Waals surface area (Å²) in [6, 6.07) is 8.14. The Labute approximate surface area is 192 Å². The lowest BCUT2D eigenvalue weighted by Gasteiger charge is -2.32. The molecular formula is C23H28F2N2O5S. The van der Waals surface area contributed by atoms with E-state index in [4.69, 9.17) is 9.47 Å². The van der Waals surface area contributed by atoms with Crippen LogP contribution in [0.2, 0.25) is 0 Å². The van der Waals surface area contributed by atoms with Gasteiger partial charge in [-0.3, -0.25) is 4.79 Å². The van der Waals surface area contributed by atoms with Crippen molar-refractivity contribution in [2.24, 2.45) is 5.92 Å². The maximum Gasteiger partial charge on any atom is 0.243 e. The number of carbonyl (C=O) groups excluding carboxylic acids is 1. The maximum absolute atomic E-state index is 13.5. The number of likely N-dealkylation sites (N-methyl/N-ethyl adjacent to an activating group) is 1. The molecule has 7 nitrogen and oxygen atoms in total. The van der Waals surface area contributed by atoms with Gasteiger partial charge in [0.1, 0.15) is 0 Å². The van der Waals surface area contributed by atoms with Crippen molar-refractivity contribution in [1.82, 2.24) is 9.21 Å². The van der Waals surface area contributed by atoms with Crippen molar-refractivity contribution in [3.05, 3.63) is 53.6 Å². The van der Waals surface area contributed by atoms with Crippen molar-refractivity contribution >= 4 is 15.9 Å². The molecule has 10 heteroatoms. The Morgan fingerprint density at radius 1 is 1.03 bits per heavy atom. The lowest BCUT2D eigenvalue weighted by atomic mass is 9.96. The summed E-state index contributed by atoms with van der Waals surface area (Å²) in [5, 5.41) is 0. The minimum atomic E-state index is -3.95. The molecule has 0 bridgehead atoms. The first-order valence-electron chi connectivity index (χ1n) is 10.6. The third-order valence-electron chi connectivity index (χ3n) is 5.89. The highest BCUT2D eigenvalue weighted by Crippen LogP contribution is 2.28. The molecule has 3 rings (SSSR count). The second kappa shape index (κ2) is 10.5. The van der Waals surface area contributed by atoms with E-state index in [0.717, 1.165) is 17.7 Å². The Bertz CT molecular complexity index is 1100. The highest BCUT2D eigenvalue weighted by atomic mass is 32.2. The van der Waals surface area contributed by atoms with E-state index < -0.39 is 21.7 Å². The summed E-state index contributed by atoms with van der Waals surface area (Å²) in [5.41, 5.74) is 1.000. The number of amides is 1. The molecule has 1 heterocycles. The average Bonchev–Trinajstić information content (AvgIpc) is 2.83. The van der Waals surface area contributed by atoms with Gasteiger partial charge in [-0.15, -0.1) is 0 Å². The summed E-state index contributed by atoms with van der Waals surface area (Å²) in [7, 11) is 0.914. The van der Waals surface area contributed by atoms with E-state index >= 15 is 0 Å². The first kappa shape index (κ1) is 24.9. The Morgan fingerprint density at radius 2 is 1.70 bits per heavy atom. The van der Waals surface area contributed by atoms with Crippen LogP contribution in [0.25, 0.3) is 0 Å². The van der Waals surface area contributed by atoms with Crippen LogP contribution in [-0.2, 0) is 21.2 Å². The zero-order valence-corrected chi connectivity index (χ0v) is 19.7. The van der Waals surface area contributed by atoms with Gasteiger partial charge in [-0.25, -0.2) is 17.2 Å². The summed E-state index contributed by atoms with van der Waals surface area (Å²) in [6.07, 6.45) is 1.36. The maximum atomic E-state index is 13.5. The van der Waals surface area contributed by atoms with E-state index in [1.165, 1.54) is 4.31 Å². The third kappa shape index (κ3) is 5.62. The second-order valence-electron chi connectivity index (χ2n) is 7.95. The predicted octanol–water partition coefficient (Wildman–Crippen LogP) is 3.08. The minimum absolute atomic E-state index is 0.0413. The summed E-state index contributed by atoms with van der Waals surface area (Å²) in [4.78, 5) is 14.2. The smallest absolute Gasteiger partial charge is 0.243 e. The molecule has 180 valence electrons. The molecule has 0 unspecified atom stereocenters. The average molecular weight is 483 g/mol. The van der Waals surface area contributed by atoms with Gasteiger partial charge in [-0.1, -0.05) is 6.07 Å². The number of carbonyl (C=O) groups is 1. The molecular weight excluding hydrogens is 454 g/mol. The molecule has 0 N–H and O–H groups in total. The molecule has 0 radical (unpaired) electrons. The Morgan fingerprint density at radius 3 is 2.30 bits per heavy atom. The lowest BCUT2D eigenvalue weighted by molar-refractivity contribution is -0.135. The largest absolute Gasteiger partial charge is 0.493 e. The van der Waals surface area contributed by atoms with Gasteiger partial charge in [0.05, 0.1) is 19.1 Å². The Kier molecular flexibility index (Phi) is 7.91. The Hall–Kier alpha value is -2.72. The van der Waals surface area contributed by atoms with Crippen LogP contribution in [0.5, 0.6) is 11.5 Å². The first-order chi connectivity index (χ1) is 15.7. The van der Waals surface area contributed by atoms with Gasteiger partial charge < -0.3 is 14.4 Å². The SMILES string of the molecule is COc1ccc(CCN(C)C(=O)C2CCN(S(=O)(=O)c3ccc(F)c(F)c3)CC2)cc1OC. The molecule has 0 saturated carbocycles. The standard InChI is InChI=1S/C23H28F2N2O5S/c1-26(11-8-16-4-7-21(31-2)22(14-16)32-3)23(28)17-9-12-27(13-10-17)33(29,30)18-5-6-19(24)20(25)15-18/h4-7,14-15,17H,8-13H2,1-3H3. The van der Waals surface area contributed by atoms with Crippen LogP contribution in [0.4, 0.5) is 8.78 Å². The molecule has 0 atom stereocenters. The fourth-order valence-electron chi connectivity index (χ4n) is 3.88. The number of methoxy groups -OCH3 is 2. The molecule has 1 aliphatic heterocycles. The summed E-state index contributed by atoms with van der Waals surface area (Å²) in [6.45, 7) is 0.782. The fourth-order valence-corrected chi connectivity index (χ4v) is 5.37. The van der Waals surface area contributed by atoms with Crippen LogP contribution >= 0.6 is 0 Å². The van der Waals surface area contributed by atoms with Crippen LogP contribution in [-0.4, -0.2) is 64.4 Å². The number of ether oxygens (including phenoxy) is 2. The van der Waals surface area contributed by atoms with Gasteiger partial charge in [-0.05, 0) is 55.2 Å². The highest BCUT2D eigenvalue weighted by Gasteiger charge is 2.33. The number of nitrogens with zero attached hydrogens (tertiary/aromatic N) is 2. The third-order valence-corrected chi connectivity index (χ3v) is 7.79. The van der Waals surface area contributed by atoms with E-state index in [-0.39, 0.29) is 29.8 Å². The van der Waals surface area contributed by atoms with Gasteiger partial charge in [0.2, 0.25) is 15.9 Å². The van der Waals surface area contributed by atoms with Gasteiger partial charge >= 0.3 is 0 Å². The van der Waals surface area contributed by atoms with Crippen molar-refractivity contribution in [3.63, 3.8) is 0 Å². The lowest BCUT2D eigenvalue weighted by Crippen LogP contribution is -2.43. The van der Waals surface area contributed by atoms with Crippen molar-refractivity contribution in [2.75, 3.05) is 40.9 Å². The Balaban J connectivity index is 1.55. The summed E-state index contributed by atoms with van der Waals surface area (Å²) >= 11 is 0. The molecule has 0 aliphatic carbocycles. The second-order valence-corrected chi connectivity index (χ2v) is 9.89.